The fraction of sp³-hybridized carbons (Fsp3) is 1.00. The van der Waals surface area contributed by atoms with E-state index in [-0.39, 0.29) is 12.2 Å². The monoisotopic (exact) mass is 212 g/mol. The van der Waals surface area contributed by atoms with Crippen molar-refractivity contribution in [3.05, 3.63) is 0 Å². The second-order valence-corrected chi connectivity index (χ2v) is 5.21. The van der Waals surface area contributed by atoms with Crippen LogP contribution in [0, 0.1) is 11.8 Å². The minimum Gasteiger partial charge on any atom is -0.390 e. The lowest BCUT2D eigenvalue weighted by Gasteiger charge is -2.24. The number of hydrogen-bond donors (Lipinski definition) is 1. The van der Waals surface area contributed by atoms with E-state index in [9.17, 15) is 5.11 Å². The summed E-state index contributed by atoms with van der Waals surface area (Å²) in [6.45, 7) is 2.76. The largest absolute Gasteiger partial charge is 0.390 e. The molecule has 0 aliphatic heterocycles. The Morgan fingerprint density at radius 2 is 1.87 bits per heavy atom. The summed E-state index contributed by atoms with van der Waals surface area (Å²) in [5, 5.41) is 10.2. The molecule has 0 aromatic heterocycles. The first-order chi connectivity index (χ1) is 7.31. The van der Waals surface area contributed by atoms with Gasteiger partial charge in [-0.05, 0) is 38.0 Å². The topological polar surface area (TPSA) is 29.5 Å². The third-order valence-corrected chi connectivity index (χ3v) is 3.87. The summed E-state index contributed by atoms with van der Waals surface area (Å²) in [6, 6.07) is 0. The summed E-state index contributed by atoms with van der Waals surface area (Å²) in [7, 11) is 0. The lowest BCUT2D eigenvalue weighted by molar-refractivity contribution is -0.0530. The molecule has 2 heteroatoms. The third-order valence-electron chi connectivity index (χ3n) is 3.87. The van der Waals surface area contributed by atoms with E-state index < -0.39 is 0 Å². The molecule has 0 saturated heterocycles. The molecule has 0 radical (unpaired) electrons. The van der Waals surface area contributed by atoms with Crippen LogP contribution in [0.15, 0.2) is 0 Å². The average molecular weight is 212 g/mol. The number of aliphatic hydroxyl groups is 1. The minimum absolute atomic E-state index is 0.135. The van der Waals surface area contributed by atoms with E-state index in [2.05, 4.69) is 0 Å². The van der Waals surface area contributed by atoms with Crippen LogP contribution in [0.4, 0.5) is 0 Å². The predicted molar refractivity (Wildman–Crippen MR) is 60.7 cm³/mol. The zero-order valence-electron chi connectivity index (χ0n) is 9.82. The molecule has 1 N–H and O–H groups in total. The molecule has 2 saturated carbocycles. The standard InChI is InChI=1S/C13H24O2/c1-2-15-13(11-7-8-11)12(14)9-10-5-3-4-6-10/h10-14H,2-9H2,1H3. The number of aliphatic hydroxyl groups excluding tert-OH is 1. The van der Waals surface area contributed by atoms with Gasteiger partial charge in [-0.2, -0.15) is 0 Å². The fourth-order valence-corrected chi connectivity index (χ4v) is 2.90. The summed E-state index contributed by atoms with van der Waals surface area (Å²) < 4.78 is 5.69. The molecule has 0 aromatic rings. The lowest BCUT2D eigenvalue weighted by atomic mass is 9.95. The normalized spacial score (nSPS) is 26.8. The Labute approximate surface area is 93.0 Å². The smallest absolute Gasteiger partial charge is 0.0861 e. The van der Waals surface area contributed by atoms with Crippen LogP contribution in [0.5, 0.6) is 0 Å². The Balaban J connectivity index is 1.77. The Kier molecular flexibility index (Phi) is 4.04. The van der Waals surface area contributed by atoms with Crippen molar-refractivity contribution in [1.82, 2.24) is 0 Å². The van der Waals surface area contributed by atoms with Gasteiger partial charge in [0.1, 0.15) is 0 Å². The second kappa shape index (κ2) is 5.31. The maximum absolute atomic E-state index is 10.2. The maximum Gasteiger partial charge on any atom is 0.0861 e. The van der Waals surface area contributed by atoms with Gasteiger partial charge in [0.05, 0.1) is 12.2 Å². The van der Waals surface area contributed by atoms with Gasteiger partial charge in [-0.3, -0.25) is 0 Å². The molecule has 2 aliphatic carbocycles. The molecule has 2 fully saturated rings. The van der Waals surface area contributed by atoms with Gasteiger partial charge < -0.3 is 9.84 Å². The quantitative estimate of drug-likeness (QED) is 0.733. The number of rotatable bonds is 6. The predicted octanol–water partition coefficient (Wildman–Crippen LogP) is 2.74. The summed E-state index contributed by atoms with van der Waals surface area (Å²) in [4.78, 5) is 0. The highest BCUT2D eigenvalue weighted by atomic mass is 16.5. The first-order valence-electron chi connectivity index (χ1n) is 6.61. The molecule has 15 heavy (non-hydrogen) atoms. The van der Waals surface area contributed by atoms with E-state index >= 15 is 0 Å². The van der Waals surface area contributed by atoms with Crippen molar-refractivity contribution in [3.63, 3.8) is 0 Å². The molecule has 2 aliphatic rings. The lowest BCUT2D eigenvalue weighted by Crippen LogP contribution is -2.32. The first-order valence-corrected chi connectivity index (χ1v) is 6.61. The molecular formula is C13H24O2. The van der Waals surface area contributed by atoms with Crippen molar-refractivity contribution in [1.29, 1.82) is 0 Å². The first kappa shape index (κ1) is 11.4. The van der Waals surface area contributed by atoms with Crippen LogP contribution in [-0.4, -0.2) is 23.9 Å². The molecule has 2 rings (SSSR count). The van der Waals surface area contributed by atoms with Crippen molar-refractivity contribution >= 4 is 0 Å². The zero-order chi connectivity index (χ0) is 10.7. The Hall–Kier alpha value is -0.0800. The fourth-order valence-electron chi connectivity index (χ4n) is 2.90. The molecule has 0 aromatic carbocycles. The minimum atomic E-state index is -0.208. The summed E-state index contributed by atoms with van der Waals surface area (Å²) in [5.41, 5.74) is 0. The molecule has 2 unspecified atom stereocenters. The summed E-state index contributed by atoms with van der Waals surface area (Å²) >= 11 is 0. The van der Waals surface area contributed by atoms with E-state index in [1.54, 1.807) is 0 Å². The van der Waals surface area contributed by atoms with Gasteiger partial charge in [0, 0.05) is 6.61 Å². The second-order valence-electron chi connectivity index (χ2n) is 5.21. The van der Waals surface area contributed by atoms with Crippen molar-refractivity contribution in [2.45, 2.75) is 64.1 Å². The van der Waals surface area contributed by atoms with Crippen molar-refractivity contribution < 1.29 is 9.84 Å². The SMILES string of the molecule is CCOC(C(O)CC1CCCC1)C1CC1. The van der Waals surface area contributed by atoms with Gasteiger partial charge in [-0.15, -0.1) is 0 Å². The van der Waals surface area contributed by atoms with Gasteiger partial charge in [0.2, 0.25) is 0 Å². The van der Waals surface area contributed by atoms with Gasteiger partial charge in [-0.25, -0.2) is 0 Å². The molecular weight excluding hydrogens is 188 g/mol. The van der Waals surface area contributed by atoms with E-state index in [0.29, 0.717) is 5.92 Å². The Morgan fingerprint density at radius 3 is 2.40 bits per heavy atom. The van der Waals surface area contributed by atoms with Gasteiger partial charge >= 0.3 is 0 Å². The molecule has 2 nitrogen and oxygen atoms in total. The van der Waals surface area contributed by atoms with Crippen molar-refractivity contribution in [2.75, 3.05) is 6.61 Å². The maximum atomic E-state index is 10.2. The van der Waals surface area contributed by atoms with Gasteiger partial charge in [0.25, 0.3) is 0 Å². The van der Waals surface area contributed by atoms with Gasteiger partial charge in [-0.1, -0.05) is 25.7 Å². The average Bonchev–Trinajstić information content (AvgIpc) is 2.93. The highest BCUT2D eigenvalue weighted by Crippen LogP contribution is 2.38. The van der Waals surface area contributed by atoms with Crippen LogP contribution in [-0.2, 0) is 4.74 Å². The highest BCUT2D eigenvalue weighted by molar-refractivity contribution is 4.88. The van der Waals surface area contributed by atoms with E-state index in [1.807, 2.05) is 6.92 Å². The Bertz CT molecular complexity index is 183. The third kappa shape index (κ3) is 3.18. The number of hydrogen-bond acceptors (Lipinski definition) is 2. The molecule has 0 spiro atoms. The van der Waals surface area contributed by atoms with Crippen LogP contribution in [0.3, 0.4) is 0 Å². The molecule has 0 amide bonds. The van der Waals surface area contributed by atoms with E-state index in [1.165, 1.54) is 38.5 Å². The van der Waals surface area contributed by atoms with Crippen LogP contribution in [0.1, 0.15) is 51.9 Å². The van der Waals surface area contributed by atoms with Crippen LogP contribution in [0.25, 0.3) is 0 Å². The zero-order valence-corrected chi connectivity index (χ0v) is 9.82. The number of ether oxygens (including phenoxy) is 1. The van der Waals surface area contributed by atoms with E-state index in [4.69, 9.17) is 4.74 Å². The van der Waals surface area contributed by atoms with Crippen molar-refractivity contribution in [2.24, 2.45) is 11.8 Å². The van der Waals surface area contributed by atoms with Gasteiger partial charge in [0.15, 0.2) is 0 Å². The summed E-state index contributed by atoms with van der Waals surface area (Å²) in [5.74, 6) is 1.42. The highest BCUT2D eigenvalue weighted by Gasteiger charge is 2.37. The molecule has 0 bridgehead atoms. The molecule has 88 valence electrons. The van der Waals surface area contributed by atoms with E-state index in [0.717, 1.165) is 18.9 Å². The Morgan fingerprint density at radius 1 is 1.20 bits per heavy atom. The summed E-state index contributed by atoms with van der Waals surface area (Å²) in [6.07, 6.45) is 8.78. The molecule has 2 atom stereocenters. The van der Waals surface area contributed by atoms with Crippen LogP contribution in [0.2, 0.25) is 0 Å². The van der Waals surface area contributed by atoms with Crippen molar-refractivity contribution in [3.8, 4) is 0 Å². The molecule has 0 heterocycles. The van der Waals surface area contributed by atoms with Crippen LogP contribution >= 0.6 is 0 Å². The van der Waals surface area contributed by atoms with Crippen LogP contribution < -0.4 is 0 Å².